The standard InChI is InChI=1S/C16H18N2/c1-10-12-5-3-4-6-13(12)17-14-9-11-7-8-15(16(10)14)18(11)2/h3-6,11,15H,7-9H2,1-2H3/t11?,15-/m0/s1. The fraction of sp³-hybridized carbons (Fsp3) is 0.438. The van der Waals surface area contributed by atoms with Crippen LogP contribution < -0.4 is 0 Å². The molecule has 3 heterocycles. The van der Waals surface area contributed by atoms with E-state index in [1.165, 1.54) is 35.0 Å². The highest BCUT2D eigenvalue weighted by Gasteiger charge is 2.39. The van der Waals surface area contributed by atoms with Gasteiger partial charge in [0.2, 0.25) is 0 Å². The highest BCUT2D eigenvalue weighted by molar-refractivity contribution is 5.83. The van der Waals surface area contributed by atoms with Crippen LogP contribution in [0, 0.1) is 6.92 Å². The van der Waals surface area contributed by atoms with Gasteiger partial charge in [0.15, 0.2) is 0 Å². The van der Waals surface area contributed by atoms with E-state index in [-0.39, 0.29) is 0 Å². The smallest absolute Gasteiger partial charge is 0.0708 e. The highest BCUT2D eigenvalue weighted by Crippen LogP contribution is 2.44. The van der Waals surface area contributed by atoms with Gasteiger partial charge in [-0.15, -0.1) is 0 Å². The zero-order valence-electron chi connectivity index (χ0n) is 11.0. The van der Waals surface area contributed by atoms with Crippen molar-refractivity contribution in [3.05, 3.63) is 41.1 Å². The van der Waals surface area contributed by atoms with Crippen molar-refractivity contribution >= 4 is 10.9 Å². The van der Waals surface area contributed by atoms with Gasteiger partial charge in [0, 0.05) is 29.6 Å². The van der Waals surface area contributed by atoms with Gasteiger partial charge in [-0.1, -0.05) is 18.2 Å². The molecule has 0 saturated carbocycles. The minimum atomic E-state index is 0.607. The fourth-order valence-corrected chi connectivity index (χ4v) is 3.88. The number of rotatable bonds is 0. The second-order valence-electron chi connectivity index (χ2n) is 5.73. The van der Waals surface area contributed by atoms with Crippen molar-refractivity contribution in [3.8, 4) is 0 Å². The summed E-state index contributed by atoms with van der Waals surface area (Å²) in [7, 11) is 2.28. The molecule has 2 atom stereocenters. The molecular weight excluding hydrogens is 220 g/mol. The molecule has 1 fully saturated rings. The van der Waals surface area contributed by atoms with Crippen molar-refractivity contribution in [3.63, 3.8) is 0 Å². The van der Waals surface area contributed by atoms with Crippen LogP contribution in [0.25, 0.3) is 10.9 Å². The number of pyridine rings is 1. The first-order valence-electron chi connectivity index (χ1n) is 6.86. The third-order valence-corrected chi connectivity index (χ3v) is 4.88. The van der Waals surface area contributed by atoms with Gasteiger partial charge in [0.25, 0.3) is 0 Å². The molecule has 2 aliphatic heterocycles. The van der Waals surface area contributed by atoms with Crippen LogP contribution in [0.1, 0.15) is 35.7 Å². The Kier molecular flexibility index (Phi) is 2.07. The average Bonchev–Trinajstić information content (AvgIpc) is 2.62. The maximum atomic E-state index is 4.93. The molecule has 0 aliphatic carbocycles. The van der Waals surface area contributed by atoms with Crippen molar-refractivity contribution in [1.29, 1.82) is 0 Å². The predicted octanol–water partition coefficient (Wildman–Crippen LogP) is 3.23. The van der Waals surface area contributed by atoms with E-state index >= 15 is 0 Å². The van der Waals surface area contributed by atoms with Crippen molar-refractivity contribution in [1.82, 2.24) is 9.88 Å². The molecule has 2 nitrogen and oxygen atoms in total. The largest absolute Gasteiger partial charge is 0.296 e. The number of hydrogen-bond donors (Lipinski definition) is 0. The van der Waals surface area contributed by atoms with Crippen LogP contribution >= 0.6 is 0 Å². The molecule has 2 heteroatoms. The number of nitrogens with zero attached hydrogens (tertiary/aromatic N) is 2. The molecule has 2 aliphatic rings. The SMILES string of the molecule is Cc1c2c(nc3ccccc13)CC1CC[C@@H]2N1C. The first-order chi connectivity index (χ1) is 8.75. The van der Waals surface area contributed by atoms with Crippen molar-refractivity contribution in [2.75, 3.05) is 7.05 Å². The topological polar surface area (TPSA) is 16.1 Å². The van der Waals surface area contributed by atoms with Gasteiger partial charge in [-0.3, -0.25) is 9.88 Å². The Balaban J connectivity index is 2.04. The lowest BCUT2D eigenvalue weighted by atomic mass is 9.92. The van der Waals surface area contributed by atoms with E-state index in [1.54, 1.807) is 0 Å². The summed E-state index contributed by atoms with van der Waals surface area (Å²) >= 11 is 0. The number of para-hydroxylation sites is 1. The third kappa shape index (κ3) is 1.24. The lowest BCUT2D eigenvalue weighted by molar-refractivity contribution is 0.221. The van der Waals surface area contributed by atoms with Gasteiger partial charge in [0.05, 0.1) is 5.52 Å². The predicted molar refractivity (Wildman–Crippen MR) is 73.7 cm³/mol. The molecule has 0 N–H and O–H groups in total. The molecule has 0 radical (unpaired) electrons. The van der Waals surface area contributed by atoms with Crippen LogP contribution in [0.2, 0.25) is 0 Å². The van der Waals surface area contributed by atoms with E-state index in [0.29, 0.717) is 6.04 Å². The van der Waals surface area contributed by atoms with Gasteiger partial charge in [-0.25, -0.2) is 0 Å². The van der Waals surface area contributed by atoms with Gasteiger partial charge in [-0.05, 0) is 44.0 Å². The number of benzene rings is 1. The lowest BCUT2D eigenvalue weighted by Crippen LogP contribution is -2.35. The molecule has 1 unspecified atom stereocenters. The van der Waals surface area contributed by atoms with E-state index in [4.69, 9.17) is 4.98 Å². The van der Waals surface area contributed by atoms with Crippen LogP contribution in [0.3, 0.4) is 0 Å². The lowest BCUT2D eigenvalue weighted by Gasteiger charge is -2.34. The normalized spacial score (nSPS) is 26.6. The van der Waals surface area contributed by atoms with Gasteiger partial charge in [-0.2, -0.15) is 0 Å². The summed E-state index contributed by atoms with van der Waals surface area (Å²) in [6.45, 7) is 2.27. The highest BCUT2D eigenvalue weighted by atomic mass is 15.2. The summed E-state index contributed by atoms with van der Waals surface area (Å²) in [4.78, 5) is 7.49. The van der Waals surface area contributed by atoms with Crippen LogP contribution in [-0.4, -0.2) is 23.0 Å². The van der Waals surface area contributed by atoms with Crippen molar-refractivity contribution in [2.24, 2.45) is 0 Å². The molecule has 1 aromatic heterocycles. The Labute approximate surface area is 108 Å². The van der Waals surface area contributed by atoms with Gasteiger partial charge in [0.1, 0.15) is 0 Å². The van der Waals surface area contributed by atoms with Crippen LogP contribution in [-0.2, 0) is 6.42 Å². The number of likely N-dealkylation sites (N-methyl/N-ethyl adjacent to an activating group) is 1. The van der Waals surface area contributed by atoms with Gasteiger partial charge >= 0.3 is 0 Å². The van der Waals surface area contributed by atoms with E-state index in [1.807, 2.05) is 0 Å². The molecule has 4 rings (SSSR count). The zero-order chi connectivity index (χ0) is 12.3. The Morgan fingerprint density at radius 1 is 1.22 bits per heavy atom. The molecule has 18 heavy (non-hydrogen) atoms. The summed E-state index contributed by atoms with van der Waals surface area (Å²) in [5.41, 5.74) is 5.49. The van der Waals surface area contributed by atoms with Crippen LogP contribution in [0.5, 0.6) is 0 Å². The minimum Gasteiger partial charge on any atom is -0.296 e. The summed E-state index contributed by atoms with van der Waals surface area (Å²) in [5, 5.41) is 1.33. The van der Waals surface area contributed by atoms with E-state index in [0.717, 1.165) is 18.0 Å². The maximum Gasteiger partial charge on any atom is 0.0708 e. The van der Waals surface area contributed by atoms with E-state index in [9.17, 15) is 0 Å². The number of aryl methyl sites for hydroxylation is 1. The number of aromatic nitrogens is 1. The first-order valence-corrected chi connectivity index (χ1v) is 6.86. The second kappa shape index (κ2) is 3.55. The quantitative estimate of drug-likeness (QED) is 0.700. The molecule has 0 spiro atoms. The monoisotopic (exact) mass is 238 g/mol. The molecule has 1 saturated heterocycles. The van der Waals surface area contributed by atoms with Gasteiger partial charge < -0.3 is 0 Å². The first kappa shape index (κ1) is 10.5. The summed E-state index contributed by atoms with van der Waals surface area (Å²) in [6.07, 6.45) is 3.76. The Morgan fingerprint density at radius 2 is 2.06 bits per heavy atom. The van der Waals surface area contributed by atoms with E-state index in [2.05, 4.69) is 43.1 Å². The maximum absolute atomic E-state index is 4.93. The molecule has 2 aromatic rings. The Morgan fingerprint density at radius 3 is 2.94 bits per heavy atom. The third-order valence-electron chi connectivity index (χ3n) is 4.88. The minimum absolute atomic E-state index is 0.607. The average molecular weight is 238 g/mol. The second-order valence-corrected chi connectivity index (χ2v) is 5.73. The Hall–Kier alpha value is -1.41. The molecule has 92 valence electrons. The fourth-order valence-electron chi connectivity index (χ4n) is 3.88. The molecule has 2 bridgehead atoms. The summed E-state index contributed by atoms with van der Waals surface area (Å²) in [5.74, 6) is 0. The summed E-state index contributed by atoms with van der Waals surface area (Å²) < 4.78 is 0. The molecule has 0 amide bonds. The van der Waals surface area contributed by atoms with Crippen molar-refractivity contribution in [2.45, 2.75) is 38.3 Å². The van der Waals surface area contributed by atoms with Crippen LogP contribution in [0.15, 0.2) is 24.3 Å². The number of fused-ring (bicyclic) bond motifs is 5. The molecular formula is C16H18N2. The number of hydrogen-bond acceptors (Lipinski definition) is 2. The Bertz CT molecular complexity index is 632. The zero-order valence-corrected chi connectivity index (χ0v) is 11.0. The molecule has 1 aromatic carbocycles. The van der Waals surface area contributed by atoms with Crippen molar-refractivity contribution < 1.29 is 0 Å². The van der Waals surface area contributed by atoms with Crippen LogP contribution in [0.4, 0.5) is 0 Å². The summed E-state index contributed by atoms with van der Waals surface area (Å²) in [6, 6.07) is 9.88. The van der Waals surface area contributed by atoms with E-state index < -0.39 is 0 Å².